The molecule has 3 aromatic carbocycles. The van der Waals surface area contributed by atoms with E-state index < -0.39 is 177 Å². The van der Waals surface area contributed by atoms with Gasteiger partial charge in [-0.2, -0.15) is 5.10 Å². The molecule has 34 nitrogen and oxygen atoms in total. The number of aliphatic hydroxyl groups is 6. The van der Waals surface area contributed by atoms with Crippen molar-refractivity contribution in [3.8, 4) is 33.3 Å². The highest BCUT2D eigenvalue weighted by Crippen LogP contribution is 2.34. The molecular formula is C66H86N12O22S2. The molecule has 4 fully saturated rings. The highest BCUT2D eigenvalue weighted by molar-refractivity contribution is 7.90. The van der Waals surface area contributed by atoms with Gasteiger partial charge in [0.2, 0.25) is 40.4 Å². The van der Waals surface area contributed by atoms with Crippen LogP contribution in [0.25, 0.3) is 26.8 Å². The van der Waals surface area contributed by atoms with E-state index in [0.29, 0.717) is 16.2 Å². The lowest BCUT2D eigenvalue weighted by molar-refractivity contribution is -0.433. The van der Waals surface area contributed by atoms with Crippen molar-refractivity contribution < 1.29 is 107 Å². The Balaban J connectivity index is 0.954. The van der Waals surface area contributed by atoms with Gasteiger partial charge in [0.1, 0.15) is 47.9 Å². The maximum atomic E-state index is 15.0. The van der Waals surface area contributed by atoms with E-state index in [0.717, 1.165) is 97.1 Å². The minimum Gasteiger partial charge on any atom is -0.504 e. The van der Waals surface area contributed by atoms with Crippen molar-refractivity contribution in [1.82, 2.24) is 56.3 Å². The lowest BCUT2D eigenvalue weighted by Crippen LogP contribution is -2.64. The van der Waals surface area contributed by atoms with E-state index in [1.54, 1.807) is 30.0 Å². The Bertz CT molecular complexity index is 3680. The van der Waals surface area contributed by atoms with Crippen LogP contribution in [0.4, 0.5) is 10.5 Å². The highest BCUT2D eigenvalue weighted by Gasteiger charge is 2.50. The van der Waals surface area contributed by atoms with Gasteiger partial charge in [0.25, 0.3) is 18.2 Å². The van der Waals surface area contributed by atoms with Crippen molar-refractivity contribution in [1.29, 1.82) is 0 Å². The van der Waals surface area contributed by atoms with Crippen LogP contribution in [-0.2, 0) is 58.8 Å². The molecule has 4 aliphatic rings. The Morgan fingerprint density at radius 2 is 1.52 bits per heavy atom. The molecular weight excluding hydrogens is 1380 g/mol. The van der Waals surface area contributed by atoms with Crippen LogP contribution in [0.3, 0.4) is 0 Å². The molecule has 8 amide bonds. The van der Waals surface area contributed by atoms with Gasteiger partial charge in [-0.25, -0.2) is 19.6 Å². The van der Waals surface area contributed by atoms with Crippen LogP contribution in [-0.4, -0.2) is 258 Å². The van der Waals surface area contributed by atoms with E-state index in [1.165, 1.54) is 42.5 Å². The summed E-state index contributed by atoms with van der Waals surface area (Å²) in [5, 5.41) is 112. The summed E-state index contributed by atoms with van der Waals surface area (Å²) in [5.41, 5.74) is 3.23. The molecule has 5 aromatic rings. The van der Waals surface area contributed by atoms with Gasteiger partial charge in [-0.3, -0.25) is 33.6 Å². The number of nitrogens with one attached hydrogen (secondary N) is 6. The molecule has 13 atom stereocenters. The Labute approximate surface area is 593 Å². The van der Waals surface area contributed by atoms with Gasteiger partial charge < -0.3 is 101 Å². The number of aromatic hydroxyl groups is 1. The van der Waals surface area contributed by atoms with Gasteiger partial charge in [-0.1, -0.05) is 58.5 Å². The van der Waals surface area contributed by atoms with Crippen molar-refractivity contribution in [2.75, 3.05) is 71.1 Å². The fraction of sp³-hybridized carbons (Fsp3) is 0.515. The number of fused-ring (bicyclic) bond motifs is 3. The molecule has 9 rings (SSSR count). The second-order valence-corrected chi connectivity index (χ2v) is 26.7. The highest BCUT2D eigenvalue weighted by atomic mass is 32.2. The number of imidazole rings is 1. The SMILES string of the molecule is C=CCOC(=O)NCC[C@@H](O)[C@@H]1NC(=O)[C@H]([C@H](O)Cc2ccc(O)c(OSOOO)c2)NC(=O)[C@@H]2C[C@H](O)CN2C(=O)[C@H]([C@H](C)O)NC(=O)[C@@H](NC(=O)c2ccc(-c3cn4nc(-c5ccc(N6CCC(OCCCCOC)CC6)cc5)sc4n3)cc2)C[C@H](O)CNC(=O)[C@@H]2[C@@H](O)[C@H](C)CN2C1=O. The molecule has 4 aliphatic heterocycles. The lowest BCUT2D eigenvalue weighted by Gasteiger charge is -2.34. The Hall–Kier alpha value is -8.63. The monoisotopic (exact) mass is 1460 g/mol. The summed E-state index contributed by atoms with van der Waals surface area (Å²) < 4.78 is 27.2. The van der Waals surface area contributed by atoms with Crippen molar-refractivity contribution in [3.05, 3.63) is 96.7 Å². The zero-order chi connectivity index (χ0) is 73.3. The summed E-state index contributed by atoms with van der Waals surface area (Å²) in [6.45, 7) is 7.01. The van der Waals surface area contributed by atoms with Crippen LogP contribution in [0.2, 0.25) is 0 Å². The third kappa shape index (κ3) is 20.0. The summed E-state index contributed by atoms with van der Waals surface area (Å²) in [7, 11) is 1.70. The second-order valence-electron chi connectivity index (χ2n) is 25.3. The number of anilines is 1. The van der Waals surface area contributed by atoms with E-state index in [2.05, 4.69) is 64.9 Å². The molecule has 14 N–H and O–H groups in total. The molecule has 6 heterocycles. The predicted molar refractivity (Wildman–Crippen MR) is 364 cm³/mol. The molecule has 4 saturated heterocycles. The van der Waals surface area contributed by atoms with E-state index >= 15 is 4.79 Å². The molecule has 2 aromatic heterocycles. The number of phenolic OH excluding ortho intramolecular Hbond substituents is 1. The quantitative estimate of drug-likeness (QED) is 0.0119. The molecule has 554 valence electrons. The predicted octanol–water partition coefficient (Wildman–Crippen LogP) is -0.144. The van der Waals surface area contributed by atoms with E-state index in [4.69, 9.17) is 33.7 Å². The van der Waals surface area contributed by atoms with Crippen LogP contribution >= 0.6 is 23.7 Å². The number of hydrogen-bond donors (Lipinski definition) is 14. The molecule has 0 saturated carbocycles. The normalized spacial score (nSPS) is 24.5. The smallest absolute Gasteiger partial charge is 0.407 e. The number of methoxy groups -OCH3 is 1. The van der Waals surface area contributed by atoms with Crippen LogP contribution in [0.1, 0.15) is 74.7 Å². The van der Waals surface area contributed by atoms with Crippen LogP contribution in [0.15, 0.2) is 85.6 Å². The van der Waals surface area contributed by atoms with E-state index in [9.17, 15) is 69.3 Å². The lowest BCUT2D eigenvalue weighted by atomic mass is 9.98. The molecule has 102 heavy (non-hydrogen) atoms. The molecule has 0 unspecified atom stereocenters. The summed E-state index contributed by atoms with van der Waals surface area (Å²) in [5.74, 6) is -9.75. The topological polar surface area (TPSA) is 466 Å². The second kappa shape index (κ2) is 36.5. The number of alkyl carbamates (subject to hydrolysis) is 1. The number of rotatable bonds is 25. The van der Waals surface area contributed by atoms with Crippen LogP contribution in [0.5, 0.6) is 11.5 Å². The van der Waals surface area contributed by atoms with Gasteiger partial charge in [0, 0.05) is 107 Å². The first kappa shape index (κ1) is 77.5. The number of aliphatic hydroxyl groups excluding tert-OH is 6. The number of nitrogens with zero attached hydrogens (tertiary/aromatic N) is 6. The number of carbonyl (C=O) groups excluding carboxylic acids is 8. The number of hydrogen-bond acceptors (Lipinski definition) is 27. The summed E-state index contributed by atoms with van der Waals surface area (Å²) in [6, 6.07) is 6.32. The Morgan fingerprint density at radius 1 is 0.824 bits per heavy atom. The summed E-state index contributed by atoms with van der Waals surface area (Å²) in [6.07, 6.45) is -6.82. The fourth-order valence-electron chi connectivity index (χ4n) is 12.5. The standard InChI is InChI=1S/C66H86N12O22S2/c1-5-24-97-66(93)67-21-18-49(83)54-64(92)77-32-35(2)56(85)55(77)61(90)68-31-42(80)29-45(58(87)71-52(36(3)79)63(91)76-33-43(81)30-47(76)59(88)72-53(60(89)73-54)50(84)27-37-8-17-48(82)51(28-37)98-102-100-99-94)69-57(86)39-11-9-38(10-12-39)46-34-78-65(70-46)101-62(74-78)40-13-15-41(16-14-40)75-22-19-44(20-23-75)96-26-7-6-25-95-4/h5,8-17,28,34-36,42-45,47,49-50,52-56,79-85,94H,1,6-7,18-27,29-33H2,2-4H3,(H,67,93)(H,68,90)(H,69,86)(H,71,87)(H,72,88)(H,73,89)/t35-,36+,42+,43+,45+,47+,49-,50-,52+,53+,54+,55+,56+/m1/s1. The van der Waals surface area contributed by atoms with Crippen molar-refractivity contribution in [2.24, 2.45) is 5.92 Å². The number of phenols is 1. The first-order valence-corrected chi connectivity index (χ1v) is 34.7. The summed E-state index contributed by atoms with van der Waals surface area (Å²) >= 11 is 1.45. The van der Waals surface area contributed by atoms with E-state index in [-0.39, 0.29) is 48.5 Å². The largest absolute Gasteiger partial charge is 0.504 e. The third-order valence-corrected chi connectivity index (χ3v) is 19.3. The average molecular weight is 1460 g/mol. The third-order valence-electron chi connectivity index (χ3n) is 17.9. The number of β-amino-alcohol motifs (C(OH)–C–C–N with tert-alkyl or cyclic N) is 1. The van der Waals surface area contributed by atoms with Crippen LogP contribution in [0, 0.1) is 5.92 Å². The molecule has 0 aliphatic carbocycles. The minimum absolute atomic E-state index is 0.00749. The number of carbonyl (C=O) groups is 8. The number of amides is 8. The zero-order valence-corrected chi connectivity index (χ0v) is 57.7. The number of unbranched alkanes of at least 4 members (excludes halogenated alkanes) is 1. The van der Waals surface area contributed by atoms with Gasteiger partial charge in [0.15, 0.2) is 11.5 Å². The molecule has 0 spiro atoms. The van der Waals surface area contributed by atoms with Crippen molar-refractivity contribution in [3.63, 3.8) is 0 Å². The first-order chi connectivity index (χ1) is 48.9. The zero-order valence-electron chi connectivity index (χ0n) is 56.1. The van der Waals surface area contributed by atoms with Gasteiger partial charge in [0.05, 0.1) is 54.6 Å². The maximum Gasteiger partial charge on any atom is 0.407 e. The number of benzene rings is 3. The van der Waals surface area contributed by atoms with Crippen LogP contribution < -0.4 is 41.0 Å². The molecule has 0 bridgehead atoms. The van der Waals surface area contributed by atoms with Crippen molar-refractivity contribution >= 4 is 81.8 Å². The minimum atomic E-state index is -2.18. The maximum absolute atomic E-state index is 15.0. The van der Waals surface area contributed by atoms with E-state index in [1.807, 2.05) is 12.1 Å². The van der Waals surface area contributed by atoms with Gasteiger partial charge in [-0.15, -0.1) is 0 Å². The van der Waals surface area contributed by atoms with Gasteiger partial charge in [-0.05, 0) is 93.1 Å². The Morgan fingerprint density at radius 3 is 2.22 bits per heavy atom. The molecule has 0 radical (unpaired) electrons. The molecule has 36 heteroatoms. The number of ether oxygens (including phenoxy) is 3. The number of aromatic nitrogens is 3. The Kier molecular flexibility index (Phi) is 27.7. The van der Waals surface area contributed by atoms with Crippen molar-refractivity contribution in [2.45, 2.75) is 144 Å². The average Bonchev–Trinajstić information content (AvgIpc) is 1.63. The van der Waals surface area contributed by atoms with Gasteiger partial charge >= 0.3 is 6.09 Å². The first-order valence-electron chi connectivity index (χ1n) is 33.2. The number of piperidine rings is 1. The summed E-state index contributed by atoms with van der Waals surface area (Å²) in [4.78, 5) is 124. The fourth-order valence-corrected chi connectivity index (χ4v) is 13.6.